The second kappa shape index (κ2) is 4.93. The van der Waals surface area contributed by atoms with Crippen LogP contribution in [-0.4, -0.2) is 11.5 Å². The van der Waals surface area contributed by atoms with E-state index in [2.05, 4.69) is 27.8 Å². The van der Waals surface area contributed by atoms with E-state index in [1.54, 1.807) is 12.1 Å². The van der Waals surface area contributed by atoms with Crippen molar-refractivity contribution < 1.29 is 4.92 Å². The van der Waals surface area contributed by atoms with Crippen LogP contribution in [0.1, 0.15) is 6.92 Å². The van der Waals surface area contributed by atoms with Crippen molar-refractivity contribution in [3.05, 3.63) is 44.9 Å². The molecule has 4 nitrogen and oxygen atoms in total. The molecule has 0 radical (unpaired) electrons. The van der Waals surface area contributed by atoms with Crippen LogP contribution in [0.3, 0.4) is 0 Å². The van der Waals surface area contributed by atoms with E-state index in [1.165, 1.54) is 6.07 Å². The number of nitrogens with one attached hydrogen (secondary N) is 1. The van der Waals surface area contributed by atoms with Gasteiger partial charge in [0.1, 0.15) is 5.69 Å². The van der Waals surface area contributed by atoms with Gasteiger partial charge in [0, 0.05) is 17.1 Å². The lowest BCUT2D eigenvalue weighted by atomic mass is 10.2. The summed E-state index contributed by atoms with van der Waals surface area (Å²) in [6, 6.07) is 4.79. The Hall–Kier alpha value is -1.36. The lowest BCUT2D eigenvalue weighted by Crippen LogP contribution is -2.04. The van der Waals surface area contributed by atoms with Crippen molar-refractivity contribution in [2.24, 2.45) is 0 Å². The Morgan fingerprint density at radius 2 is 2.33 bits per heavy atom. The van der Waals surface area contributed by atoms with E-state index >= 15 is 0 Å². The molecule has 0 aliphatic carbocycles. The maximum Gasteiger partial charge on any atom is 0.292 e. The van der Waals surface area contributed by atoms with Crippen molar-refractivity contribution in [2.45, 2.75) is 6.92 Å². The van der Waals surface area contributed by atoms with Crippen molar-refractivity contribution in [3.8, 4) is 0 Å². The molecule has 1 aromatic carbocycles. The predicted molar refractivity (Wildman–Crippen MR) is 64.1 cm³/mol. The summed E-state index contributed by atoms with van der Waals surface area (Å²) in [6.07, 6.45) is 0. The largest absolute Gasteiger partial charge is 0.376 e. The highest BCUT2D eigenvalue weighted by Crippen LogP contribution is 2.27. The fourth-order valence-corrected chi connectivity index (χ4v) is 1.42. The van der Waals surface area contributed by atoms with Crippen molar-refractivity contribution in [2.75, 3.05) is 11.9 Å². The number of hydrogen-bond acceptors (Lipinski definition) is 3. The molecule has 0 fully saturated rings. The quantitative estimate of drug-likeness (QED) is 0.519. The first-order valence-electron chi connectivity index (χ1n) is 4.33. The minimum absolute atomic E-state index is 0.0689. The molecule has 5 heteroatoms. The molecule has 0 saturated heterocycles. The Balaban J connectivity index is 2.96. The molecule has 15 heavy (non-hydrogen) atoms. The van der Waals surface area contributed by atoms with Gasteiger partial charge in [-0.2, -0.15) is 0 Å². The van der Waals surface area contributed by atoms with Gasteiger partial charge in [-0.3, -0.25) is 10.1 Å². The van der Waals surface area contributed by atoms with Crippen LogP contribution in [0.2, 0.25) is 0 Å². The van der Waals surface area contributed by atoms with Gasteiger partial charge in [0.2, 0.25) is 0 Å². The van der Waals surface area contributed by atoms with E-state index in [-0.39, 0.29) is 5.69 Å². The van der Waals surface area contributed by atoms with E-state index in [0.29, 0.717) is 12.2 Å². The molecule has 0 aliphatic rings. The highest BCUT2D eigenvalue weighted by atomic mass is 79.9. The Kier molecular flexibility index (Phi) is 3.85. The number of benzene rings is 1. The van der Waals surface area contributed by atoms with Gasteiger partial charge in [-0.1, -0.05) is 28.1 Å². The summed E-state index contributed by atoms with van der Waals surface area (Å²) >= 11 is 3.27. The molecule has 0 spiro atoms. The number of nitro benzene ring substituents is 1. The number of rotatable bonds is 4. The third kappa shape index (κ3) is 3.36. The van der Waals surface area contributed by atoms with Crippen LogP contribution in [0.15, 0.2) is 34.8 Å². The van der Waals surface area contributed by atoms with Gasteiger partial charge in [-0.25, -0.2) is 0 Å². The summed E-state index contributed by atoms with van der Waals surface area (Å²) < 4.78 is 0.803. The maximum atomic E-state index is 10.7. The molecule has 0 aliphatic heterocycles. The second-order valence-corrected chi connectivity index (χ2v) is 4.14. The van der Waals surface area contributed by atoms with E-state index in [0.717, 1.165) is 10.0 Å². The highest BCUT2D eigenvalue weighted by Gasteiger charge is 2.12. The average Bonchev–Trinajstić information content (AvgIpc) is 2.14. The zero-order valence-electron chi connectivity index (χ0n) is 8.29. The Labute approximate surface area is 96.3 Å². The molecule has 0 heterocycles. The number of nitrogens with zero attached hydrogens (tertiary/aromatic N) is 1. The van der Waals surface area contributed by atoms with Gasteiger partial charge in [0.05, 0.1) is 4.92 Å². The van der Waals surface area contributed by atoms with Crippen molar-refractivity contribution in [1.29, 1.82) is 0 Å². The number of anilines is 1. The van der Waals surface area contributed by atoms with E-state index in [1.807, 2.05) is 6.92 Å². The summed E-state index contributed by atoms with van der Waals surface area (Å²) in [7, 11) is 0. The van der Waals surface area contributed by atoms with Crippen LogP contribution >= 0.6 is 15.9 Å². The normalized spacial score (nSPS) is 9.73. The molecule has 0 amide bonds. The molecular formula is C10H11BrN2O2. The predicted octanol–water partition coefficient (Wildman–Crippen LogP) is 3.35. The van der Waals surface area contributed by atoms with Gasteiger partial charge in [-0.15, -0.1) is 0 Å². The summed E-state index contributed by atoms with van der Waals surface area (Å²) in [5.41, 5.74) is 1.49. The Bertz CT molecular complexity index is 404. The lowest BCUT2D eigenvalue weighted by molar-refractivity contribution is -0.384. The second-order valence-electron chi connectivity index (χ2n) is 3.23. The fourth-order valence-electron chi connectivity index (χ4n) is 1.06. The standard InChI is InChI=1S/C10H11BrN2O2/c1-7(2)6-12-9-5-8(11)3-4-10(9)13(14)15/h3-5,12H,1,6H2,2H3. The average molecular weight is 271 g/mol. The molecule has 1 N–H and O–H groups in total. The van der Waals surface area contributed by atoms with E-state index in [4.69, 9.17) is 0 Å². The van der Waals surface area contributed by atoms with Gasteiger partial charge >= 0.3 is 0 Å². The third-order valence-corrected chi connectivity index (χ3v) is 2.23. The topological polar surface area (TPSA) is 55.2 Å². The van der Waals surface area contributed by atoms with Crippen LogP contribution in [0.25, 0.3) is 0 Å². The first-order valence-corrected chi connectivity index (χ1v) is 5.12. The summed E-state index contributed by atoms with van der Waals surface area (Å²) in [5, 5.41) is 13.7. The fraction of sp³-hybridized carbons (Fsp3) is 0.200. The molecular weight excluding hydrogens is 260 g/mol. The number of hydrogen-bond donors (Lipinski definition) is 1. The van der Waals surface area contributed by atoms with Crippen molar-refractivity contribution >= 4 is 27.3 Å². The van der Waals surface area contributed by atoms with Crippen LogP contribution in [-0.2, 0) is 0 Å². The first-order chi connectivity index (χ1) is 7.00. The van der Waals surface area contributed by atoms with Gasteiger partial charge in [0.15, 0.2) is 0 Å². The number of nitro groups is 1. The molecule has 80 valence electrons. The molecule has 0 saturated carbocycles. The molecule has 1 rings (SSSR count). The molecule has 0 aromatic heterocycles. The van der Waals surface area contributed by atoms with Gasteiger partial charge in [0.25, 0.3) is 5.69 Å². The molecule has 1 aromatic rings. The highest BCUT2D eigenvalue weighted by molar-refractivity contribution is 9.10. The molecule has 0 unspecified atom stereocenters. The monoisotopic (exact) mass is 270 g/mol. The molecule has 0 bridgehead atoms. The summed E-state index contributed by atoms with van der Waals surface area (Å²) in [4.78, 5) is 10.3. The summed E-state index contributed by atoms with van der Waals surface area (Å²) in [5.74, 6) is 0. The van der Waals surface area contributed by atoms with Crippen LogP contribution in [0, 0.1) is 10.1 Å². The Morgan fingerprint density at radius 3 is 2.87 bits per heavy atom. The summed E-state index contributed by atoms with van der Waals surface area (Å²) in [6.45, 7) is 6.11. The minimum Gasteiger partial charge on any atom is -0.376 e. The van der Waals surface area contributed by atoms with Gasteiger partial charge in [-0.05, 0) is 19.1 Å². The molecule has 0 atom stereocenters. The van der Waals surface area contributed by atoms with Crippen molar-refractivity contribution in [3.63, 3.8) is 0 Å². The van der Waals surface area contributed by atoms with E-state index in [9.17, 15) is 10.1 Å². The first kappa shape index (κ1) is 11.7. The van der Waals surface area contributed by atoms with E-state index < -0.39 is 4.92 Å². The zero-order valence-corrected chi connectivity index (χ0v) is 9.87. The minimum atomic E-state index is -0.410. The zero-order chi connectivity index (χ0) is 11.4. The Morgan fingerprint density at radius 1 is 1.67 bits per heavy atom. The van der Waals surface area contributed by atoms with Crippen molar-refractivity contribution in [1.82, 2.24) is 0 Å². The van der Waals surface area contributed by atoms with Crippen LogP contribution < -0.4 is 5.32 Å². The lowest BCUT2D eigenvalue weighted by Gasteiger charge is -2.06. The van der Waals surface area contributed by atoms with Crippen LogP contribution in [0.4, 0.5) is 11.4 Å². The SMILES string of the molecule is C=C(C)CNc1cc(Br)ccc1[N+](=O)[O-]. The third-order valence-electron chi connectivity index (χ3n) is 1.74. The van der Waals surface area contributed by atoms with Crippen LogP contribution in [0.5, 0.6) is 0 Å². The maximum absolute atomic E-state index is 10.7. The number of halogens is 1. The van der Waals surface area contributed by atoms with Gasteiger partial charge < -0.3 is 5.32 Å². The smallest absolute Gasteiger partial charge is 0.292 e.